The number of nitrogens with zero attached hydrogens (tertiary/aromatic N) is 2. The van der Waals surface area contributed by atoms with E-state index < -0.39 is 0 Å². The van der Waals surface area contributed by atoms with Gasteiger partial charge in [-0.1, -0.05) is 6.07 Å². The Labute approximate surface area is 115 Å². The maximum Gasteiger partial charge on any atom is 0.139 e. The van der Waals surface area contributed by atoms with Gasteiger partial charge in [0.25, 0.3) is 0 Å². The van der Waals surface area contributed by atoms with Crippen LogP contribution in [0, 0.1) is 20.8 Å². The van der Waals surface area contributed by atoms with Gasteiger partial charge < -0.3 is 11.1 Å². The Morgan fingerprint density at radius 2 is 1.89 bits per heavy atom. The fourth-order valence-electron chi connectivity index (χ4n) is 1.62. The van der Waals surface area contributed by atoms with Crippen molar-refractivity contribution in [2.75, 3.05) is 11.1 Å². The summed E-state index contributed by atoms with van der Waals surface area (Å²) in [5.74, 6) is 1.90. The Morgan fingerprint density at radius 1 is 1.17 bits per heavy atom. The molecule has 0 amide bonds. The predicted octanol–water partition coefficient (Wildman–Crippen LogP) is 3.49. The number of benzene rings is 1. The Morgan fingerprint density at radius 3 is 2.56 bits per heavy atom. The summed E-state index contributed by atoms with van der Waals surface area (Å²) in [7, 11) is 0. The van der Waals surface area contributed by atoms with Crippen molar-refractivity contribution in [3.63, 3.8) is 0 Å². The van der Waals surface area contributed by atoms with E-state index in [1.165, 1.54) is 5.56 Å². The largest absolute Gasteiger partial charge is 0.383 e. The van der Waals surface area contributed by atoms with E-state index in [2.05, 4.69) is 37.3 Å². The van der Waals surface area contributed by atoms with Gasteiger partial charge >= 0.3 is 0 Å². The van der Waals surface area contributed by atoms with E-state index in [-0.39, 0.29) is 0 Å². The lowest BCUT2D eigenvalue weighted by Crippen LogP contribution is -2.05. The number of aryl methyl sites for hydroxylation is 2. The molecule has 0 spiro atoms. The van der Waals surface area contributed by atoms with E-state index in [1.807, 2.05) is 32.9 Å². The SMILES string of the molecule is Cc1ccc(Nc2nc(C)nc(N)c2C)c(Br)c1. The van der Waals surface area contributed by atoms with E-state index in [9.17, 15) is 0 Å². The maximum atomic E-state index is 5.83. The van der Waals surface area contributed by atoms with Gasteiger partial charge in [0, 0.05) is 10.0 Å². The van der Waals surface area contributed by atoms with Crippen LogP contribution in [0.2, 0.25) is 0 Å². The van der Waals surface area contributed by atoms with Crippen LogP contribution < -0.4 is 11.1 Å². The first-order chi connectivity index (χ1) is 8.47. The van der Waals surface area contributed by atoms with E-state index in [4.69, 9.17) is 5.73 Å². The van der Waals surface area contributed by atoms with Crippen molar-refractivity contribution in [1.82, 2.24) is 9.97 Å². The summed E-state index contributed by atoms with van der Waals surface area (Å²) in [6.07, 6.45) is 0. The lowest BCUT2D eigenvalue weighted by atomic mass is 10.2. The standard InChI is InChI=1S/C13H15BrN4/c1-7-4-5-11(10(14)6-7)18-13-8(2)12(15)16-9(3)17-13/h4-6H,1-3H3,(H3,15,16,17,18). The van der Waals surface area contributed by atoms with Crippen LogP contribution in [0.5, 0.6) is 0 Å². The van der Waals surface area contributed by atoms with Crippen LogP contribution >= 0.6 is 15.9 Å². The monoisotopic (exact) mass is 306 g/mol. The number of hydrogen-bond donors (Lipinski definition) is 2. The van der Waals surface area contributed by atoms with Gasteiger partial charge in [0.2, 0.25) is 0 Å². The maximum absolute atomic E-state index is 5.83. The second-order valence-corrected chi connectivity index (χ2v) is 5.09. The van der Waals surface area contributed by atoms with Gasteiger partial charge in [0.1, 0.15) is 17.5 Å². The predicted molar refractivity (Wildman–Crippen MR) is 78.1 cm³/mol. The van der Waals surface area contributed by atoms with Crippen molar-refractivity contribution in [2.24, 2.45) is 0 Å². The third kappa shape index (κ3) is 2.61. The molecule has 94 valence electrons. The minimum atomic E-state index is 0.508. The van der Waals surface area contributed by atoms with Crippen molar-refractivity contribution in [3.8, 4) is 0 Å². The van der Waals surface area contributed by atoms with Crippen molar-refractivity contribution in [1.29, 1.82) is 0 Å². The molecule has 0 aliphatic heterocycles. The zero-order valence-corrected chi connectivity index (χ0v) is 12.2. The molecule has 0 saturated carbocycles. The molecule has 18 heavy (non-hydrogen) atoms. The van der Waals surface area contributed by atoms with Crippen LogP contribution in [-0.2, 0) is 0 Å². The Hall–Kier alpha value is -1.62. The number of rotatable bonds is 2. The van der Waals surface area contributed by atoms with E-state index in [0.29, 0.717) is 11.6 Å². The summed E-state index contributed by atoms with van der Waals surface area (Å²) in [6.45, 7) is 5.77. The summed E-state index contributed by atoms with van der Waals surface area (Å²) in [5.41, 5.74) is 8.85. The summed E-state index contributed by atoms with van der Waals surface area (Å²) in [5, 5.41) is 3.27. The van der Waals surface area contributed by atoms with Gasteiger partial charge in [-0.05, 0) is 54.4 Å². The van der Waals surface area contributed by atoms with Crippen LogP contribution in [0.4, 0.5) is 17.3 Å². The molecule has 3 N–H and O–H groups in total. The molecule has 2 aromatic rings. The Bertz CT molecular complexity index is 596. The molecule has 4 nitrogen and oxygen atoms in total. The lowest BCUT2D eigenvalue weighted by molar-refractivity contribution is 1.04. The van der Waals surface area contributed by atoms with Crippen molar-refractivity contribution in [3.05, 3.63) is 39.6 Å². The van der Waals surface area contributed by atoms with Gasteiger partial charge in [-0.15, -0.1) is 0 Å². The van der Waals surface area contributed by atoms with Gasteiger partial charge in [-0.25, -0.2) is 9.97 Å². The number of aromatic nitrogens is 2. The number of anilines is 3. The zero-order valence-electron chi connectivity index (χ0n) is 10.6. The van der Waals surface area contributed by atoms with Crippen LogP contribution in [-0.4, -0.2) is 9.97 Å². The van der Waals surface area contributed by atoms with Gasteiger partial charge in [-0.3, -0.25) is 0 Å². The molecule has 0 atom stereocenters. The summed E-state index contributed by atoms with van der Waals surface area (Å²) < 4.78 is 0.997. The first-order valence-corrected chi connectivity index (χ1v) is 6.40. The Kier molecular flexibility index (Phi) is 3.52. The van der Waals surface area contributed by atoms with E-state index >= 15 is 0 Å². The molecule has 0 aliphatic rings. The minimum Gasteiger partial charge on any atom is -0.383 e. The number of nitrogens with two attached hydrogens (primary N) is 1. The molecule has 0 saturated heterocycles. The third-order valence-electron chi connectivity index (χ3n) is 2.67. The normalized spacial score (nSPS) is 10.4. The quantitative estimate of drug-likeness (QED) is 0.891. The van der Waals surface area contributed by atoms with E-state index in [1.54, 1.807) is 0 Å². The van der Waals surface area contributed by atoms with Gasteiger partial charge in [0.05, 0.1) is 5.69 Å². The van der Waals surface area contributed by atoms with Crippen LogP contribution in [0.15, 0.2) is 22.7 Å². The second kappa shape index (κ2) is 4.94. The first kappa shape index (κ1) is 12.8. The number of hydrogen-bond acceptors (Lipinski definition) is 4. The topological polar surface area (TPSA) is 63.8 Å². The van der Waals surface area contributed by atoms with Crippen LogP contribution in [0.25, 0.3) is 0 Å². The number of nitrogens with one attached hydrogen (secondary N) is 1. The molecule has 0 radical (unpaired) electrons. The fraction of sp³-hybridized carbons (Fsp3) is 0.231. The highest BCUT2D eigenvalue weighted by atomic mass is 79.9. The zero-order chi connectivity index (χ0) is 13.3. The van der Waals surface area contributed by atoms with Crippen molar-refractivity contribution in [2.45, 2.75) is 20.8 Å². The highest BCUT2D eigenvalue weighted by Crippen LogP contribution is 2.28. The molecule has 0 unspecified atom stereocenters. The van der Waals surface area contributed by atoms with Crippen LogP contribution in [0.1, 0.15) is 17.0 Å². The van der Waals surface area contributed by atoms with E-state index in [0.717, 1.165) is 21.5 Å². The summed E-state index contributed by atoms with van der Waals surface area (Å²) in [6, 6.07) is 6.10. The molecule has 0 aliphatic carbocycles. The van der Waals surface area contributed by atoms with Gasteiger partial charge in [-0.2, -0.15) is 0 Å². The molecule has 5 heteroatoms. The van der Waals surface area contributed by atoms with Crippen LogP contribution in [0.3, 0.4) is 0 Å². The fourth-order valence-corrected chi connectivity index (χ4v) is 2.21. The molecule has 2 rings (SSSR count). The molecule has 0 bridgehead atoms. The first-order valence-electron chi connectivity index (χ1n) is 5.61. The molecule has 0 fully saturated rings. The highest BCUT2D eigenvalue weighted by molar-refractivity contribution is 9.10. The van der Waals surface area contributed by atoms with Gasteiger partial charge in [0.15, 0.2) is 0 Å². The molecule has 1 aromatic carbocycles. The average Bonchev–Trinajstić information content (AvgIpc) is 2.29. The average molecular weight is 307 g/mol. The molecular formula is C13H15BrN4. The number of nitrogen functional groups attached to an aromatic ring is 1. The van der Waals surface area contributed by atoms with Crippen molar-refractivity contribution < 1.29 is 0 Å². The lowest BCUT2D eigenvalue weighted by Gasteiger charge is -2.12. The number of halogens is 1. The molecule has 1 aromatic heterocycles. The van der Waals surface area contributed by atoms with Crippen molar-refractivity contribution >= 4 is 33.3 Å². The molecule has 1 heterocycles. The summed E-state index contributed by atoms with van der Waals surface area (Å²) in [4.78, 5) is 8.50. The second-order valence-electron chi connectivity index (χ2n) is 4.24. The smallest absolute Gasteiger partial charge is 0.139 e. The minimum absolute atomic E-state index is 0.508. The Balaban J connectivity index is 2.40. The third-order valence-corrected chi connectivity index (χ3v) is 3.33. The highest BCUT2D eigenvalue weighted by Gasteiger charge is 2.08. The molecular weight excluding hydrogens is 292 g/mol. The summed E-state index contributed by atoms with van der Waals surface area (Å²) >= 11 is 3.53.